The molecule has 0 spiro atoms. The predicted octanol–water partition coefficient (Wildman–Crippen LogP) is 3.91. The normalized spacial score (nSPS) is 15.8. The summed E-state index contributed by atoms with van der Waals surface area (Å²) in [5.41, 5.74) is 4.22. The third-order valence-electron chi connectivity index (χ3n) is 5.18. The van der Waals surface area contributed by atoms with Gasteiger partial charge in [-0.15, -0.1) is 0 Å². The second-order valence-corrected chi connectivity index (χ2v) is 7.56. The molecule has 1 atom stereocenters. The number of likely N-dealkylation sites (N-methyl/N-ethyl adjacent to an activating group) is 1. The van der Waals surface area contributed by atoms with Crippen molar-refractivity contribution in [3.63, 3.8) is 0 Å². The minimum Gasteiger partial charge on any atom is -0.496 e. The number of benzene rings is 3. The van der Waals surface area contributed by atoms with Crippen molar-refractivity contribution in [3.05, 3.63) is 101 Å². The first-order valence-corrected chi connectivity index (χ1v) is 9.76. The van der Waals surface area contributed by atoms with Crippen LogP contribution in [0.25, 0.3) is 5.76 Å². The van der Waals surface area contributed by atoms with Gasteiger partial charge in [-0.3, -0.25) is 0 Å². The number of ether oxygens (including phenoxy) is 2. The van der Waals surface area contributed by atoms with Gasteiger partial charge in [0.15, 0.2) is 0 Å². The van der Waals surface area contributed by atoms with E-state index >= 15 is 0 Å². The summed E-state index contributed by atoms with van der Waals surface area (Å²) in [6.07, 6.45) is 0. The van der Waals surface area contributed by atoms with Crippen molar-refractivity contribution >= 4 is 5.76 Å². The smallest absolute Gasteiger partial charge is 0.144 e. The van der Waals surface area contributed by atoms with E-state index < -0.39 is 0 Å². The Morgan fingerprint density at radius 3 is 2.34 bits per heavy atom. The molecule has 0 radical (unpaired) electrons. The van der Waals surface area contributed by atoms with E-state index in [1.807, 2.05) is 54.6 Å². The lowest BCUT2D eigenvalue weighted by atomic mass is 9.81. The Balaban J connectivity index is 1.98. The van der Waals surface area contributed by atoms with Crippen molar-refractivity contribution < 1.29 is 18.8 Å². The highest BCUT2D eigenvalue weighted by Crippen LogP contribution is 2.46. The molecule has 29 heavy (non-hydrogen) atoms. The summed E-state index contributed by atoms with van der Waals surface area (Å²) in [6, 6.07) is 22.8. The molecule has 1 aliphatic rings. The fourth-order valence-electron chi connectivity index (χ4n) is 3.97. The largest absolute Gasteiger partial charge is 0.496 e. The third kappa shape index (κ3) is 3.76. The van der Waals surface area contributed by atoms with Gasteiger partial charge in [0.05, 0.1) is 26.8 Å². The number of halogens is 1. The fraction of sp³-hybridized carbons (Fsp3) is 0.200. The highest BCUT2D eigenvalue weighted by molar-refractivity contribution is 5.75. The van der Waals surface area contributed by atoms with Gasteiger partial charge in [0.2, 0.25) is 0 Å². The van der Waals surface area contributed by atoms with Gasteiger partial charge in [-0.1, -0.05) is 42.5 Å². The average molecular weight is 390 g/mol. The van der Waals surface area contributed by atoms with Crippen LogP contribution in [-0.4, -0.2) is 27.7 Å². The van der Waals surface area contributed by atoms with Gasteiger partial charge in [-0.05, 0) is 35.9 Å². The Kier molecular flexibility index (Phi) is 5.36. The van der Waals surface area contributed by atoms with E-state index in [0.29, 0.717) is 0 Å². The van der Waals surface area contributed by atoms with Gasteiger partial charge in [0, 0.05) is 17.1 Å². The molecule has 0 aliphatic carbocycles. The first kappa shape index (κ1) is 19.2. The zero-order valence-corrected chi connectivity index (χ0v) is 16.9. The minimum atomic E-state index is -0.234. The highest BCUT2D eigenvalue weighted by Gasteiger charge is 2.33. The molecule has 148 valence electrons. The number of hydrogen-bond acceptors (Lipinski definition) is 2. The van der Waals surface area contributed by atoms with E-state index in [1.165, 1.54) is 17.0 Å². The van der Waals surface area contributed by atoms with E-state index in [2.05, 4.69) is 20.2 Å². The van der Waals surface area contributed by atoms with Crippen LogP contribution in [-0.2, 0) is 0 Å². The molecule has 1 N–H and O–H groups in total. The monoisotopic (exact) mass is 390 g/mol. The van der Waals surface area contributed by atoms with Crippen molar-refractivity contribution in [1.29, 1.82) is 0 Å². The van der Waals surface area contributed by atoms with Gasteiger partial charge in [0.25, 0.3) is 0 Å². The van der Waals surface area contributed by atoms with Crippen molar-refractivity contribution in [1.82, 2.24) is 0 Å². The molecule has 0 amide bonds. The van der Waals surface area contributed by atoms with Crippen LogP contribution in [0.1, 0.15) is 22.6 Å². The van der Waals surface area contributed by atoms with Crippen molar-refractivity contribution in [2.24, 2.45) is 0 Å². The standard InChI is InChI=1S/C25H24FNO2/c1-27(2)16-21-24(17-12-14-18(26)15-13-17)19-8-4-7-11-23(19)29-25(21)20-9-5-6-10-22(20)28-3/h4-15,24H,16H2,1-3H3/p+1. The summed E-state index contributed by atoms with van der Waals surface area (Å²) in [4.78, 5) is 1.28. The van der Waals surface area contributed by atoms with Crippen LogP contribution in [0.5, 0.6) is 11.5 Å². The van der Waals surface area contributed by atoms with Gasteiger partial charge >= 0.3 is 0 Å². The van der Waals surface area contributed by atoms with E-state index in [-0.39, 0.29) is 11.7 Å². The summed E-state index contributed by atoms with van der Waals surface area (Å²) >= 11 is 0. The number of quaternary nitrogens is 1. The fourth-order valence-corrected chi connectivity index (χ4v) is 3.97. The third-order valence-corrected chi connectivity index (χ3v) is 5.18. The molecule has 1 heterocycles. The molecule has 1 unspecified atom stereocenters. The molecule has 0 saturated carbocycles. The van der Waals surface area contributed by atoms with E-state index in [4.69, 9.17) is 9.47 Å². The average Bonchev–Trinajstić information content (AvgIpc) is 2.73. The molecule has 1 aliphatic heterocycles. The van der Waals surface area contributed by atoms with Gasteiger partial charge in [0.1, 0.15) is 29.6 Å². The Morgan fingerprint density at radius 1 is 0.931 bits per heavy atom. The highest BCUT2D eigenvalue weighted by atomic mass is 19.1. The predicted molar refractivity (Wildman–Crippen MR) is 113 cm³/mol. The second-order valence-electron chi connectivity index (χ2n) is 7.56. The number of fused-ring (bicyclic) bond motifs is 1. The molecule has 0 aromatic heterocycles. The van der Waals surface area contributed by atoms with Crippen molar-refractivity contribution in [3.8, 4) is 11.5 Å². The summed E-state index contributed by atoms with van der Waals surface area (Å²) in [5.74, 6) is 2.15. The molecule has 3 aromatic carbocycles. The number of methoxy groups -OCH3 is 1. The minimum absolute atomic E-state index is 0.0182. The maximum atomic E-state index is 13.6. The number of rotatable bonds is 5. The Labute approximate surface area is 171 Å². The molecule has 4 heteroatoms. The summed E-state index contributed by atoms with van der Waals surface area (Å²) in [7, 11) is 5.91. The second kappa shape index (κ2) is 8.10. The maximum Gasteiger partial charge on any atom is 0.144 e. The lowest BCUT2D eigenvalue weighted by Gasteiger charge is -2.32. The molecule has 3 aromatic rings. The summed E-state index contributed by atoms with van der Waals surface area (Å²) < 4.78 is 25.7. The molecule has 3 nitrogen and oxygen atoms in total. The summed E-state index contributed by atoms with van der Waals surface area (Å²) in [6.45, 7) is 0.782. The quantitative estimate of drug-likeness (QED) is 0.714. The van der Waals surface area contributed by atoms with Crippen LogP contribution in [0, 0.1) is 5.82 Å². The zero-order chi connectivity index (χ0) is 20.4. The van der Waals surface area contributed by atoms with Crippen LogP contribution < -0.4 is 14.4 Å². The van der Waals surface area contributed by atoms with E-state index in [1.54, 1.807) is 7.11 Å². The SMILES string of the molecule is COc1ccccc1C1=C(C[NH+](C)C)C(c2ccc(F)cc2)c2ccccc2O1. The topological polar surface area (TPSA) is 22.9 Å². The van der Waals surface area contributed by atoms with Crippen LogP contribution in [0.3, 0.4) is 0 Å². The molecule has 0 bridgehead atoms. The molecule has 4 rings (SSSR count). The molecule has 0 fully saturated rings. The molecule has 0 saturated heterocycles. The maximum absolute atomic E-state index is 13.6. The number of hydrogen-bond donors (Lipinski definition) is 1. The molecular formula is C25H25FNO2+. The Bertz CT molecular complexity index is 1040. The lowest BCUT2D eigenvalue weighted by molar-refractivity contribution is -0.853. The Hall–Kier alpha value is -3.11. The zero-order valence-electron chi connectivity index (χ0n) is 16.9. The summed E-state index contributed by atoms with van der Waals surface area (Å²) in [5, 5.41) is 0. The van der Waals surface area contributed by atoms with Crippen LogP contribution >= 0.6 is 0 Å². The first-order chi connectivity index (χ1) is 14.1. The van der Waals surface area contributed by atoms with E-state index in [9.17, 15) is 4.39 Å². The van der Waals surface area contributed by atoms with Crippen molar-refractivity contribution in [2.75, 3.05) is 27.7 Å². The van der Waals surface area contributed by atoms with Gasteiger partial charge in [-0.2, -0.15) is 0 Å². The number of para-hydroxylation sites is 2. The van der Waals surface area contributed by atoms with Crippen LogP contribution in [0.15, 0.2) is 78.4 Å². The number of nitrogens with one attached hydrogen (secondary N) is 1. The molecular weight excluding hydrogens is 365 g/mol. The van der Waals surface area contributed by atoms with Gasteiger partial charge < -0.3 is 14.4 Å². The van der Waals surface area contributed by atoms with Crippen molar-refractivity contribution in [2.45, 2.75) is 5.92 Å². The Morgan fingerprint density at radius 2 is 1.62 bits per heavy atom. The first-order valence-electron chi connectivity index (χ1n) is 9.76. The van der Waals surface area contributed by atoms with Crippen LogP contribution in [0.2, 0.25) is 0 Å². The van der Waals surface area contributed by atoms with E-state index in [0.717, 1.165) is 46.1 Å². The van der Waals surface area contributed by atoms with Crippen LogP contribution in [0.4, 0.5) is 4.39 Å². The lowest BCUT2D eigenvalue weighted by Crippen LogP contribution is -3.06. The van der Waals surface area contributed by atoms with Gasteiger partial charge in [-0.25, -0.2) is 4.39 Å².